The maximum absolute atomic E-state index is 5.52. The number of nitrogens with zero attached hydrogens (tertiary/aromatic N) is 2. The number of rotatable bonds is 4. The number of methoxy groups -OCH3 is 1. The Morgan fingerprint density at radius 1 is 1.24 bits per heavy atom. The molecular weight excluding hydrogens is 376 g/mol. The first-order valence-electron chi connectivity index (χ1n) is 8.93. The Hall–Kier alpha value is -1.52. The van der Waals surface area contributed by atoms with E-state index in [1.54, 1.807) is 7.11 Å². The van der Waals surface area contributed by atoms with Crippen LogP contribution in [0.4, 0.5) is 5.69 Å². The van der Waals surface area contributed by atoms with Gasteiger partial charge in [0.1, 0.15) is 5.75 Å². The van der Waals surface area contributed by atoms with Crippen molar-refractivity contribution in [1.29, 1.82) is 0 Å². The van der Waals surface area contributed by atoms with E-state index in [0.29, 0.717) is 6.17 Å². The van der Waals surface area contributed by atoms with E-state index in [0.717, 1.165) is 29.7 Å². The minimum Gasteiger partial charge on any atom is -0.497 e. The van der Waals surface area contributed by atoms with E-state index >= 15 is 0 Å². The first-order chi connectivity index (χ1) is 12.0. The second kappa shape index (κ2) is 6.33. The van der Waals surface area contributed by atoms with Crippen molar-refractivity contribution in [2.75, 3.05) is 32.1 Å². The predicted molar refractivity (Wildman–Crippen MR) is 107 cm³/mol. The number of likely N-dealkylation sites (N-methyl/N-ethyl adjacent to an activating group) is 1. The molecule has 0 N–H and O–H groups in total. The molecule has 2 atom stereocenters. The number of likely N-dealkylation sites (tertiary alicyclic amines) is 1. The molecule has 2 aliphatic rings. The van der Waals surface area contributed by atoms with Crippen molar-refractivity contribution in [2.24, 2.45) is 0 Å². The summed E-state index contributed by atoms with van der Waals surface area (Å²) in [6.07, 6.45) is 2.69. The zero-order valence-corrected chi connectivity index (χ0v) is 16.7. The van der Waals surface area contributed by atoms with Gasteiger partial charge in [0.25, 0.3) is 0 Å². The zero-order valence-electron chi connectivity index (χ0n) is 15.1. The molecule has 1 saturated heterocycles. The number of halogens is 1. The summed E-state index contributed by atoms with van der Waals surface area (Å²) in [6.45, 7) is 4.65. The standard InChI is InChI=1S/C21H25BrN2O/c1-21-10-12-24(11-9-15-7-5-4-6-8-15)20(21)23(2)19-17(21)13-16(25-3)14-18(19)22/h4-8,13-14,20H,9-12H2,1-3H3/t20-,21-/m0/s1. The van der Waals surface area contributed by atoms with Gasteiger partial charge in [0.2, 0.25) is 0 Å². The van der Waals surface area contributed by atoms with Gasteiger partial charge in [0.15, 0.2) is 0 Å². The molecular formula is C21H25BrN2O. The summed E-state index contributed by atoms with van der Waals surface area (Å²) in [6, 6.07) is 15.1. The highest BCUT2D eigenvalue weighted by molar-refractivity contribution is 9.10. The number of ether oxygens (including phenoxy) is 1. The quantitative estimate of drug-likeness (QED) is 0.754. The van der Waals surface area contributed by atoms with Crippen molar-refractivity contribution < 1.29 is 4.74 Å². The highest BCUT2D eigenvalue weighted by Gasteiger charge is 2.53. The monoisotopic (exact) mass is 400 g/mol. The van der Waals surface area contributed by atoms with Crippen LogP contribution in [0.2, 0.25) is 0 Å². The summed E-state index contributed by atoms with van der Waals surface area (Å²) in [5.41, 5.74) is 4.29. The van der Waals surface area contributed by atoms with Gasteiger partial charge in [-0.05, 0) is 52.0 Å². The Morgan fingerprint density at radius 3 is 2.72 bits per heavy atom. The Kier molecular flexibility index (Phi) is 4.28. The van der Waals surface area contributed by atoms with Crippen molar-refractivity contribution in [3.05, 3.63) is 58.1 Å². The fourth-order valence-corrected chi connectivity index (χ4v) is 5.45. The molecule has 2 aromatic carbocycles. The zero-order chi connectivity index (χ0) is 17.6. The largest absolute Gasteiger partial charge is 0.497 e. The van der Waals surface area contributed by atoms with Gasteiger partial charge in [-0.25, -0.2) is 0 Å². The lowest BCUT2D eigenvalue weighted by atomic mass is 9.81. The topological polar surface area (TPSA) is 15.7 Å². The third kappa shape index (κ3) is 2.67. The van der Waals surface area contributed by atoms with Crippen LogP contribution in [0.1, 0.15) is 24.5 Å². The lowest BCUT2D eigenvalue weighted by Gasteiger charge is -2.35. The molecule has 4 heteroatoms. The number of hydrogen-bond acceptors (Lipinski definition) is 3. The SMILES string of the molecule is COc1cc(Br)c2c(c1)[C@]1(C)CCN(CCc3ccccc3)[C@@H]1N2C. The molecule has 132 valence electrons. The van der Waals surface area contributed by atoms with Crippen molar-refractivity contribution in [1.82, 2.24) is 4.90 Å². The molecule has 0 radical (unpaired) electrons. The number of hydrogen-bond donors (Lipinski definition) is 0. The average molecular weight is 401 g/mol. The molecule has 2 aromatic rings. The van der Waals surface area contributed by atoms with Crippen molar-refractivity contribution in [3.63, 3.8) is 0 Å². The van der Waals surface area contributed by atoms with Gasteiger partial charge >= 0.3 is 0 Å². The van der Waals surface area contributed by atoms with Crippen LogP contribution in [0.3, 0.4) is 0 Å². The lowest BCUT2D eigenvalue weighted by Crippen LogP contribution is -2.47. The van der Waals surface area contributed by atoms with E-state index in [1.165, 1.54) is 23.2 Å². The highest BCUT2D eigenvalue weighted by Crippen LogP contribution is 2.54. The van der Waals surface area contributed by atoms with E-state index in [2.05, 4.69) is 82.2 Å². The van der Waals surface area contributed by atoms with Gasteiger partial charge in [0, 0.05) is 30.0 Å². The van der Waals surface area contributed by atoms with Gasteiger partial charge < -0.3 is 9.64 Å². The van der Waals surface area contributed by atoms with Crippen molar-refractivity contribution >= 4 is 21.6 Å². The van der Waals surface area contributed by atoms with Crippen LogP contribution in [0.15, 0.2) is 46.9 Å². The van der Waals surface area contributed by atoms with Crippen LogP contribution in [0, 0.1) is 0 Å². The summed E-state index contributed by atoms with van der Waals surface area (Å²) >= 11 is 3.77. The third-order valence-corrected chi connectivity index (χ3v) is 6.58. The Bertz CT molecular complexity index is 779. The molecule has 1 fully saturated rings. The minimum absolute atomic E-state index is 0.151. The molecule has 0 bridgehead atoms. The lowest BCUT2D eigenvalue weighted by molar-refractivity contribution is 0.226. The summed E-state index contributed by atoms with van der Waals surface area (Å²) in [7, 11) is 3.97. The molecule has 3 nitrogen and oxygen atoms in total. The first kappa shape index (κ1) is 16.9. The van der Waals surface area contributed by atoms with Gasteiger partial charge in [0.05, 0.1) is 19.0 Å². The number of benzene rings is 2. The molecule has 0 saturated carbocycles. The average Bonchev–Trinajstić information content (AvgIpc) is 3.07. The Labute approximate surface area is 158 Å². The minimum atomic E-state index is 0.151. The van der Waals surface area contributed by atoms with E-state index in [4.69, 9.17) is 4.74 Å². The molecule has 0 spiro atoms. The highest BCUT2D eigenvalue weighted by atomic mass is 79.9. The van der Waals surface area contributed by atoms with Crippen LogP contribution < -0.4 is 9.64 Å². The molecule has 0 aliphatic carbocycles. The van der Waals surface area contributed by atoms with Crippen LogP contribution in [-0.4, -0.2) is 38.3 Å². The van der Waals surface area contributed by atoms with Crippen LogP contribution in [-0.2, 0) is 11.8 Å². The van der Waals surface area contributed by atoms with E-state index in [9.17, 15) is 0 Å². The molecule has 2 heterocycles. The van der Waals surface area contributed by atoms with Gasteiger partial charge in [-0.2, -0.15) is 0 Å². The molecule has 25 heavy (non-hydrogen) atoms. The third-order valence-electron chi connectivity index (χ3n) is 5.97. The fraction of sp³-hybridized carbons (Fsp3) is 0.429. The molecule has 4 rings (SSSR count). The normalized spacial score (nSPS) is 25.1. The van der Waals surface area contributed by atoms with E-state index in [1.807, 2.05) is 0 Å². The smallest absolute Gasteiger partial charge is 0.120 e. The molecule has 0 amide bonds. The predicted octanol–water partition coefficient (Wildman–Crippen LogP) is 4.44. The van der Waals surface area contributed by atoms with Crippen LogP contribution in [0.5, 0.6) is 5.75 Å². The van der Waals surface area contributed by atoms with Crippen molar-refractivity contribution in [3.8, 4) is 5.75 Å². The second-order valence-electron chi connectivity index (χ2n) is 7.43. The number of anilines is 1. The van der Waals surface area contributed by atoms with Gasteiger partial charge in [-0.1, -0.05) is 37.3 Å². The summed E-state index contributed by atoms with van der Waals surface area (Å²) in [4.78, 5) is 5.10. The molecule has 2 aliphatic heterocycles. The van der Waals surface area contributed by atoms with Crippen LogP contribution >= 0.6 is 15.9 Å². The first-order valence-corrected chi connectivity index (χ1v) is 9.73. The Balaban J connectivity index is 1.62. The maximum atomic E-state index is 5.52. The van der Waals surface area contributed by atoms with Gasteiger partial charge in [-0.15, -0.1) is 0 Å². The second-order valence-corrected chi connectivity index (χ2v) is 8.28. The fourth-order valence-electron chi connectivity index (χ4n) is 4.74. The van der Waals surface area contributed by atoms with E-state index < -0.39 is 0 Å². The molecule has 0 unspecified atom stereocenters. The number of fused-ring (bicyclic) bond motifs is 3. The molecule has 0 aromatic heterocycles. The summed E-state index contributed by atoms with van der Waals surface area (Å²) in [5.74, 6) is 0.934. The van der Waals surface area contributed by atoms with Gasteiger partial charge in [-0.3, -0.25) is 4.90 Å². The summed E-state index contributed by atoms with van der Waals surface area (Å²) < 4.78 is 6.65. The van der Waals surface area contributed by atoms with E-state index in [-0.39, 0.29) is 5.41 Å². The Morgan fingerprint density at radius 2 is 2.00 bits per heavy atom. The van der Waals surface area contributed by atoms with Crippen molar-refractivity contribution in [2.45, 2.75) is 31.3 Å². The van der Waals surface area contributed by atoms with Crippen LogP contribution in [0.25, 0.3) is 0 Å². The summed E-state index contributed by atoms with van der Waals surface area (Å²) in [5, 5.41) is 0. The maximum Gasteiger partial charge on any atom is 0.120 e.